The SMILES string of the molecule is Cc1ccccc1C(=O)NCCc1nc2ccccc2n1CC(=O)NCC(C)C. The molecule has 3 rings (SSSR count). The summed E-state index contributed by atoms with van der Waals surface area (Å²) in [5.74, 6) is 1.05. The minimum Gasteiger partial charge on any atom is -0.354 e. The summed E-state index contributed by atoms with van der Waals surface area (Å²) in [7, 11) is 0. The van der Waals surface area contributed by atoms with Crippen molar-refractivity contribution in [3.05, 3.63) is 65.5 Å². The molecule has 1 aromatic heterocycles. The van der Waals surface area contributed by atoms with E-state index in [9.17, 15) is 9.59 Å². The number of rotatable bonds is 8. The van der Waals surface area contributed by atoms with E-state index < -0.39 is 0 Å². The maximum absolute atomic E-state index is 12.4. The molecule has 0 unspecified atom stereocenters. The van der Waals surface area contributed by atoms with Crippen molar-refractivity contribution >= 4 is 22.8 Å². The number of aromatic nitrogens is 2. The smallest absolute Gasteiger partial charge is 0.251 e. The number of carbonyl (C=O) groups is 2. The van der Waals surface area contributed by atoms with Crippen molar-refractivity contribution in [2.75, 3.05) is 13.1 Å². The van der Waals surface area contributed by atoms with Gasteiger partial charge in [-0.3, -0.25) is 9.59 Å². The molecule has 0 fully saturated rings. The van der Waals surface area contributed by atoms with Crippen LogP contribution in [0.2, 0.25) is 0 Å². The van der Waals surface area contributed by atoms with Crippen molar-refractivity contribution in [3.8, 4) is 0 Å². The zero-order valence-corrected chi connectivity index (χ0v) is 17.2. The van der Waals surface area contributed by atoms with Crippen molar-refractivity contribution in [2.24, 2.45) is 5.92 Å². The monoisotopic (exact) mass is 392 g/mol. The number of hydrogen-bond acceptors (Lipinski definition) is 3. The molecule has 3 aromatic rings. The first kappa shape index (κ1) is 20.6. The average molecular weight is 393 g/mol. The lowest BCUT2D eigenvalue weighted by Crippen LogP contribution is -2.31. The van der Waals surface area contributed by atoms with E-state index in [-0.39, 0.29) is 18.4 Å². The van der Waals surface area contributed by atoms with Crippen molar-refractivity contribution < 1.29 is 9.59 Å². The number of imidazole rings is 1. The highest BCUT2D eigenvalue weighted by molar-refractivity contribution is 5.95. The molecule has 2 aromatic carbocycles. The van der Waals surface area contributed by atoms with Crippen molar-refractivity contribution in [1.82, 2.24) is 20.2 Å². The van der Waals surface area contributed by atoms with Gasteiger partial charge < -0.3 is 15.2 Å². The molecule has 0 atom stereocenters. The highest BCUT2D eigenvalue weighted by Gasteiger charge is 2.14. The molecule has 2 N–H and O–H groups in total. The highest BCUT2D eigenvalue weighted by Crippen LogP contribution is 2.16. The van der Waals surface area contributed by atoms with E-state index in [1.165, 1.54) is 0 Å². The van der Waals surface area contributed by atoms with Gasteiger partial charge in [-0.2, -0.15) is 0 Å². The van der Waals surface area contributed by atoms with Crippen LogP contribution in [0.1, 0.15) is 35.6 Å². The van der Waals surface area contributed by atoms with Crippen LogP contribution in [0.5, 0.6) is 0 Å². The van der Waals surface area contributed by atoms with Gasteiger partial charge in [0.1, 0.15) is 12.4 Å². The lowest BCUT2D eigenvalue weighted by molar-refractivity contribution is -0.121. The number of nitrogens with zero attached hydrogens (tertiary/aromatic N) is 2. The van der Waals surface area contributed by atoms with Crippen LogP contribution in [0.25, 0.3) is 11.0 Å². The van der Waals surface area contributed by atoms with Gasteiger partial charge in [0.25, 0.3) is 5.91 Å². The summed E-state index contributed by atoms with van der Waals surface area (Å²) in [5.41, 5.74) is 3.39. The summed E-state index contributed by atoms with van der Waals surface area (Å²) in [4.78, 5) is 29.5. The van der Waals surface area contributed by atoms with Crippen LogP contribution >= 0.6 is 0 Å². The highest BCUT2D eigenvalue weighted by atomic mass is 16.2. The second-order valence-corrected chi connectivity index (χ2v) is 7.62. The summed E-state index contributed by atoms with van der Waals surface area (Å²) < 4.78 is 1.94. The minimum atomic E-state index is -0.0968. The number of para-hydroxylation sites is 2. The van der Waals surface area contributed by atoms with Crippen molar-refractivity contribution in [3.63, 3.8) is 0 Å². The first-order valence-electron chi connectivity index (χ1n) is 10.0. The second kappa shape index (κ2) is 9.37. The number of amides is 2. The Morgan fingerprint density at radius 3 is 2.52 bits per heavy atom. The van der Waals surface area contributed by atoms with E-state index in [0.29, 0.717) is 31.0 Å². The number of carbonyl (C=O) groups excluding carboxylic acids is 2. The standard InChI is InChI=1S/C23H28N4O2/c1-16(2)14-25-22(28)15-27-20-11-7-6-10-19(20)26-21(27)12-13-24-23(29)18-9-5-4-8-17(18)3/h4-11,16H,12-15H2,1-3H3,(H,24,29)(H,25,28). The molecule has 152 valence electrons. The molecule has 6 heteroatoms. The van der Waals surface area contributed by atoms with Crippen LogP contribution in [0.3, 0.4) is 0 Å². The third-order valence-electron chi connectivity index (χ3n) is 4.77. The van der Waals surface area contributed by atoms with Crippen LogP contribution in [0, 0.1) is 12.8 Å². The van der Waals surface area contributed by atoms with Crippen LogP contribution in [0.4, 0.5) is 0 Å². The third-order valence-corrected chi connectivity index (χ3v) is 4.77. The fraction of sp³-hybridized carbons (Fsp3) is 0.348. The van der Waals surface area contributed by atoms with Crippen LogP contribution < -0.4 is 10.6 Å². The van der Waals surface area contributed by atoms with E-state index in [1.807, 2.05) is 60.0 Å². The van der Waals surface area contributed by atoms with Gasteiger partial charge in [0, 0.05) is 25.1 Å². The molecule has 1 heterocycles. The Labute approximate surface area is 171 Å². The maximum Gasteiger partial charge on any atom is 0.251 e. The fourth-order valence-electron chi connectivity index (χ4n) is 3.22. The molecule has 6 nitrogen and oxygen atoms in total. The van der Waals surface area contributed by atoms with E-state index in [2.05, 4.69) is 29.5 Å². The Morgan fingerprint density at radius 1 is 1.03 bits per heavy atom. The van der Waals surface area contributed by atoms with E-state index >= 15 is 0 Å². The summed E-state index contributed by atoms with van der Waals surface area (Å²) >= 11 is 0. The van der Waals surface area contributed by atoms with Crippen LogP contribution in [-0.4, -0.2) is 34.5 Å². The zero-order chi connectivity index (χ0) is 20.8. The van der Waals surface area contributed by atoms with E-state index in [4.69, 9.17) is 0 Å². The van der Waals surface area contributed by atoms with Crippen molar-refractivity contribution in [1.29, 1.82) is 0 Å². The molecule has 0 radical (unpaired) electrons. The lowest BCUT2D eigenvalue weighted by Gasteiger charge is -2.12. The fourth-order valence-corrected chi connectivity index (χ4v) is 3.22. The topological polar surface area (TPSA) is 76.0 Å². The van der Waals surface area contributed by atoms with E-state index in [0.717, 1.165) is 22.4 Å². The second-order valence-electron chi connectivity index (χ2n) is 7.62. The molecule has 2 amide bonds. The number of nitrogens with one attached hydrogen (secondary N) is 2. The van der Waals surface area contributed by atoms with Crippen LogP contribution in [-0.2, 0) is 17.8 Å². The number of fused-ring (bicyclic) bond motifs is 1. The first-order chi connectivity index (χ1) is 14.0. The Balaban J connectivity index is 1.70. The summed E-state index contributed by atoms with van der Waals surface area (Å²) in [6.45, 7) is 7.36. The third kappa shape index (κ3) is 5.22. The number of benzene rings is 2. The molecule has 29 heavy (non-hydrogen) atoms. The largest absolute Gasteiger partial charge is 0.354 e. The Bertz CT molecular complexity index is 1010. The lowest BCUT2D eigenvalue weighted by atomic mass is 10.1. The Kier molecular flexibility index (Phi) is 6.65. The quantitative estimate of drug-likeness (QED) is 0.619. The zero-order valence-electron chi connectivity index (χ0n) is 17.2. The van der Waals surface area contributed by atoms with Gasteiger partial charge in [0.15, 0.2) is 0 Å². The minimum absolute atomic E-state index is 0.0351. The molecular formula is C23H28N4O2. The summed E-state index contributed by atoms with van der Waals surface area (Å²) in [6.07, 6.45) is 0.545. The molecular weight excluding hydrogens is 364 g/mol. The predicted molar refractivity (Wildman–Crippen MR) is 115 cm³/mol. The molecule has 0 bridgehead atoms. The van der Waals surface area contributed by atoms with Gasteiger partial charge in [-0.25, -0.2) is 4.98 Å². The normalized spacial score (nSPS) is 11.0. The summed E-state index contributed by atoms with van der Waals surface area (Å²) in [6, 6.07) is 15.3. The molecule has 0 saturated heterocycles. The molecule has 0 aliphatic heterocycles. The molecule has 0 saturated carbocycles. The van der Waals surface area contributed by atoms with Gasteiger partial charge in [-0.05, 0) is 36.6 Å². The predicted octanol–water partition coefficient (Wildman–Crippen LogP) is 3.09. The average Bonchev–Trinajstić information content (AvgIpc) is 3.04. The van der Waals surface area contributed by atoms with Crippen molar-refractivity contribution in [2.45, 2.75) is 33.7 Å². The Morgan fingerprint density at radius 2 is 1.76 bits per heavy atom. The first-order valence-corrected chi connectivity index (χ1v) is 10.0. The molecule has 0 aliphatic carbocycles. The van der Waals surface area contributed by atoms with Gasteiger partial charge in [0.05, 0.1) is 11.0 Å². The van der Waals surface area contributed by atoms with Crippen LogP contribution in [0.15, 0.2) is 48.5 Å². The molecule has 0 spiro atoms. The van der Waals surface area contributed by atoms with E-state index in [1.54, 1.807) is 0 Å². The number of hydrogen-bond donors (Lipinski definition) is 2. The Hall–Kier alpha value is -3.15. The summed E-state index contributed by atoms with van der Waals surface area (Å²) in [5, 5.41) is 5.92. The maximum atomic E-state index is 12.4. The van der Waals surface area contributed by atoms with Gasteiger partial charge in [0.2, 0.25) is 5.91 Å². The van der Waals surface area contributed by atoms with Gasteiger partial charge >= 0.3 is 0 Å². The number of aryl methyl sites for hydroxylation is 1. The van der Waals surface area contributed by atoms with Gasteiger partial charge in [-0.1, -0.05) is 44.2 Å². The molecule has 0 aliphatic rings. The van der Waals surface area contributed by atoms with Gasteiger partial charge in [-0.15, -0.1) is 0 Å².